The van der Waals surface area contributed by atoms with Crippen LogP contribution in [0.15, 0.2) is 30.3 Å². The summed E-state index contributed by atoms with van der Waals surface area (Å²) >= 11 is 0. The first-order valence-electron chi connectivity index (χ1n) is 5.64. The maximum Gasteiger partial charge on any atom is 0.302 e. The predicted octanol–water partition coefficient (Wildman–Crippen LogP) is 3.31. The minimum Gasteiger partial charge on any atom is -0.463 e. The molecule has 2 nitrogen and oxygen atoms in total. The first-order valence-corrected chi connectivity index (χ1v) is 5.64. The molecular formula is C14H20O2. The number of esters is 1. The number of rotatable bonds is 4. The van der Waals surface area contributed by atoms with Gasteiger partial charge in [0.2, 0.25) is 0 Å². The van der Waals surface area contributed by atoms with E-state index < -0.39 is 0 Å². The molecule has 0 aliphatic heterocycles. The van der Waals surface area contributed by atoms with Crippen LogP contribution >= 0.6 is 0 Å². The van der Waals surface area contributed by atoms with Crippen molar-refractivity contribution >= 4 is 5.97 Å². The lowest BCUT2D eigenvalue weighted by Gasteiger charge is -2.28. The second kappa shape index (κ2) is 5.15. The van der Waals surface area contributed by atoms with Crippen LogP contribution in [0, 0.1) is 0 Å². The first-order chi connectivity index (χ1) is 7.42. The average molecular weight is 220 g/mol. The van der Waals surface area contributed by atoms with Crippen molar-refractivity contribution in [3.8, 4) is 0 Å². The van der Waals surface area contributed by atoms with Gasteiger partial charge < -0.3 is 4.74 Å². The van der Waals surface area contributed by atoms with Gasteiger partial charge in [-0.1, -0.05) is 44.2 Å². The number of carbonyl (C=O) groups excluding carboxylic acids is 1. The normalized spacial score (nSPS) is 13.2. The van der Waals surface area contributed by atoms with Crippen LogP contribution in [0.2, 0.25) is 0 Å². The monoisotopic (exact) mass is 220 g/mol. The molecule has 0 N–H and O–H groups in total. The topological polar surface area (TPSA) is 26.3 Å². The van der Waals surface area contributed by atoms with E-state index in [9.17, 15) is 4.79 Å². The van der Waals surface area contributed by atoms with E-state index in [1.807, 2.05) is 25.1 Å². The van der Waals surface area contributed by atoms with E-state index in [-0.39, 0.29) is 17.5 Å². The Morgan fingerprint density at radius 1 is 1.31 bits per heavy atom. The maximum absolute atomic E-state index is 10.9. The van der Waals surface area contributed by atoms with Crippen molar-refractivity contribution in [2.75, 3.05) is 0 Å². The summed E-state index contributed by atoms with van der Waals surface area (Å²) in [4.78, 5) is 10.9. The van der Waals surface area contributed by atoms with Crippen LogP contribution in [0.25, 0.3) is 0 Å². The molecule has 0 aliphatic carbocycles. The lowest BCUT2D eigenvalue weighted by Crippen LogP contribution is -2.25. The summed E-state index contributed by atoms with van der Waals surface area (Å²) in [7, 11) is 0. The van der Waals surface area contributed by atoms with E-state index in [4.69, 9.17) is 4.74 Å². The van der Waals surface area contributed by atoms with Crippen molar-refractivity contribution in [3.63, 3.8) is 0 Å². The molecule has 0 fully saturated rings. The number of benzene rings is 1. The summed E-state index contributed by atoms with van der Waals surface area (Å²) < 4.78 is 5.17. The molecule has 16 heavy (non-hydrogen) atoms. The maximum atomic E-state index is 10.9. The van der Waals surface area contributed by atoms with Crippen molar-refractivity contribution in [3.05, 3.63) is 35.9 Å². The van der Waals surface area contributed by atoms with Crippen molar-refractivity contribution in [1.29, 1.82) is 0 Å². The fraction of sp³-hybridized carbons (Fsp3) is 0.500. The van der Waals surface area contributed by atoms with Crippen molar-refractivity contribution in [2.24, 2.45) is 0 Å². The van der Waals surface area contributed by atoms with Crippen molar-refractivity contribution < 1.29 is 9.53 Å². The van der Waals surface area contributed by atoms with E-state index in [1.54, 1.807) is 0 Å². The van der Waals surface area contributed by atoms with Gasteiger partial charge in [-0.3, -0.25) is 4.79 Å². The standard InChI is InChI=1S/C14H20O2/c1-11(16-12(2)15)10-14(3,4)13-8-6-5-7-9-13/h5-9,11H,10H2,1-4H3/t11-/m1/s1. The molecule has 0 aliphatic rings. The molecule has 0 saturated carbocycles. The molecule has 0 amide bonds. The van der Waals surface area contributed by atoms with Gasteiger partial charge >= 0.3 is 5.97 Å². The highest BCUT2D eigenvalue weighted by molar-refractivity contribution is 5.66. The van der Waals surface area contributed by atoms with Gasteiger partial charge in [0.25, 0.3) is 0 Å². The summed E-state index contributed by atoms with van der Waals surface area (Å²) in [6, 6.07) is 10.3. The third-order valence-electron chi connectivity index (χ3n) is 2.72. The summed E-state index contributed by atoms with van der Waals surface area (Å²) in [5.74, 6) is -0.212. The number of carbonyl (C=O) groups is 1. The Balaban J connectivity index is 2.68. The smallest absolute Gasteiger partial charge is 0.302 e. The van der Waals surface area contributed by atoms with Gasteiger partial charge in [-0.05, 0) is 24.3 Å². The van der Waals surface area contributed by atoms with Crippen LogP contribution in [-0.4, -0.2) is 12.1 Å². The Morgan fingerprint density at radius 3 is 2.38 bits per heavy atom. The molecule has 1 atom stereocenters. The fourth-order valence-electron chi connectivity index (χ4n) is 2.05. The van der Waals surface area contributed by atoms with E-state index in [0.717, 1.165) is 6.42 Å². The van der Waals surface area contributed by atoms with E-state index >= 15 is 0 Å². The zero-order valence-corrected chi connectivity index (χ0v) is 10.5. The first kappa shape index (κ1) is 12.8. The van der Waals surface area contributed by atoms with Crippen molar-refractivity contribution in [2.45, 2.75) is 45.6 Å². The Hall–Kier alpha value is -1.31. The molecular weight excluding hydrogens is 200 g/mol. The Labute approximate surface area is 97.6 Å². The quantitative estimate of drug-likeness (QED) is 0.728. The minimum atomic E-state index is -0.212. The summed E-state index contributed by atoms with van der Waals surface area (Å²) in [5.41, 5.74) is 1.30. The number of ether oxygens (including phenoxy) is 1. The summed E-state index contributed by atoms with van der Waals surface area (Å²) in [6.45, 7) is 7.72. The van der Waals surface area contributed by atoms with E-state index in [2.05, 4.69) is 26.0 Å². The third kappa shape index (κ3) is 3.69. The van der Waals surface area contributed by atoms with Crippen LogP contribution in [0.1, 0.15) is 39.7 Å². The van der Waals surface area contributed by atoms with E-state index in [0.29, 0.717) is 0 Å². The molecule has 2 heteroatoms. The van der Waals surface area contributed by atoms with Crippen LogP contribution in [0.4, 0.5) is 0 Å². The van der Waals surface area contributed by atoms with Crippen LogP contribution in [0.3, 0.4) is 0 Å². The predicted molar refractivity (Wildman–Crippen MR) is 65.3 cm³/mol. The molecule has 0 radical (unpaired) electrons. The molecule has 0 bridgehead atoms. The van der Waals surface area contributed by atoms with Gasteiger partial charge in [0.15, 0.2) is 0 Å². The molecule has 1 rings (SSSR count). The molecule has 0 spiro atoms. The molecule has 0 unspecified atom stereocenters. The van der Waals surface area contributed by atoms with Crippen LogP contribution in [-0.2, 0) is 14.9 Å². The lowest BCUT2D eigenvalue weighted by molar-refractivity contribution is -0.146. The lowest BCUT2D eigenvalue weighted by atomic mass is 9.80. The van der Waals surface area contributed by atoms with Gasteiger partial charge in [0.1, 0.15) is 0 Å². The molecule has 1 aromatic carbocycles. The Morgan fingerprint density at radius 2 is 1.88 bits per heavy atom. The Kier molecular flexibility index (Phi) is 4.11. The van der Waals surface area contributed by atoms with Gasteiger partial charge in [-0.2, -0.15) is 0 Å². The molecule has 0 aromatic heterocycles. The minimum absolute atomic E-state index is 0.0239. The van der Waals surface area contributed by atoms with Crippen LogP contribution in [0.5, 0.6) is 0 Å². The zero-order chi connectivity index (χ0) is 12.2. The van der Waals surface area contributed by atoms with Gasteiger partial charge in [-0.25, -0.2) is 0 Å². The largest absolute Gasteiger partial charge is 0.463 e. The van der Waals surface area contributed by atoms with Gasteiger partial charge in [0, 0.05) is 6.92 Å². The molecule has 1 aromatic rings. The SMILES string of the molecule is CC(=O)O[C@H](C)CC(C)(C)c1ccccc1. The highest BCUT2D eigenvalue weighted by atomic mass is 16.5. The highest BCUT2D eigenvalue weighted by Gasteiger charge is 2.24. The Bertz CT molecular complexity index is 341. The van der Waals surface area contributed by atoms with Gasteiger partial charge in [-0.15, -0.1) is 0 Å². The second-order valence-corrected chi connectivity index (χ2v) is 4.87. The number of hydrogen-bond donors (Lipinski definition) is 0. The number of hydrogen-bond acceptors (Lipinski definition) is 2. The highest BCUT2D eigenvalue weighted by Crippen LogP contribution is 2.28. The average Bonchev–Trinajstić information content (AvgIpc) is 2.16. The molecule has 0 heterocycles. The van der Waals surface area contributed by atoms with E-state index in [1.165, 1.54) is 12.5 Å². The molecule has 88 valence electrons. The van der Waals surface area contributed by atoms with Crippen LogP contribution < -0.4 is 0 Å². The summed E-state index contributed by atoms with van der Waals surface area (Å²) in [5, 5.41) is 0. The third-order valence-corrected chi connectivity index (χ3v) is 2.72. The molecule has 0 saturated heterocycles. The van der Waals surface area contributed by atoms with Crippen molar-refractivity contribution in [1.82, 2.24) is 0 Å². The summed E-state index contributed by atoms with van der Waals surface area (Å²) in [6.07, 6.45) is 0.782. The zero-order valence-electron chi connectivity index (χ0n) is 10.5. The fourth-order valence-corrected chi connectivity index (χ4v) is 2.05. The second-order valence-electron chi connectivity index (χ2n) is 4.87. The van der Waals surface area contributed by atoms with Gasteiger partial charge in [0.05, 0.1) is 6.10 Å².